The van der Waals surface area contributed by atoms with E-state index in [0.717, 1.165) is 34.2 Å². The lowest BCUT2D eigenvalue weighted by Gasteiger charge is -2.17. The van der Waals surface area contributed by atoms with Crippen molar-refractivity contribution in [1.29, 1.82) is 0 Å². The van der Waals surface area contributed by atoms with Gasteiger partial charge in [-0.05, 0) is 50.5 Å². The number of ketones is 2. The Balaban J connectivity index is 1.54. The monoisotopic (exact) mass is 504 g/mol. The number of H-pyrrole nitrogens is 2. The number of hydrogen-bond acceptors (Lipinski definition) is 4. The van der Waals surface area contributed by atoms with Gasteiger partial charge in [0.05, 0.1) is 11.1 Å². The maximum Gasteiger partial charge on any atom is 0.232 e. The largest absolute Gasteiger partial charge is 0.504 e. The molecule has 0 atom stereocenters. The highest BCUT2D eigenvalue weighted by atomic mass is 16.3. The summed E-state index contributed by atoms with van der Waals surface area (Å²) in [5.74, 6) is -2.99. The molecule has 0 unspecified atom stereocenters. The molecule has 0 radical (unpaired) electrons. The van der Waals surface area contributed by atoms with Gasteiger partial charge in [-0.25, -0.2) is 0 Å². The van der Waals surface area contributed by atoms with E-state index in [9.17, 15) is 19.8 Å². The molecule has 0 bridgehead atoms. The zero-order chi connectivity index (χ0) is 27.1. The zero-order valence-electron chi connectivity index (χ0n) is 21.5. The minimum Gasteiger partial charge on any atom is -0.504 e. The Morgan fingerprint density at radius 2 is 1.39 bits per heavy atom. The predicted octanol–water partition coefficient (Wildman–Crippen LogP) is 7.14. The first-order valence-electron chi connectivity index (χ1n) is 12.3. The number of aliphatic hydroxyl groups excluding tert-OH is 2. The number of nitrogens with one attached hydrogen (secondary N) is 2. The highest BCUT2D eigenvalue weighted by Gasteiger charge is 2.38. The second kappa shape index (κ2) is 9.56. The highest BCUT2D eigenvalue weighted by molar-refractivity contribution is 6.48. The number of hydrogen-bond donors (Lipinski definition) is 4. The number of carbonyl (C=O) groups excluding carboxylic acids is 2. The summed E-state index contributed by atoms with van der Waals surface area (Å²) in [6.45, 7) is 9.83. The van der Waals surface area contributed by atoms with Crippen molar-refractivity contribution in [2.45, 2.75) is 27.2 Å². The third-order valence-corrected chi connectivity index (χ3v) is 6.65. The third-order valence-electron chi connectivity index (χ3n) is 6.65. The lowest BCUT2D eigenvalue weighted by atomic mass is 9.86. The number of aromatic nitrogens is 2. The second-order valence-electron chi connectivity index (χ2n) is 9.86. The standard InChI is InChI=1S/C32H28N2O4/c1-17(2)5-7-19-9-11-21-23(15-33-25(21)13-19)27-29(35)31(37)28(32(38)30(27)36)24-16-34-26-14-20(8-6-18(3)4)10-12-22(24)26/h5-7,9-16,33-35,38H,1,8H2,2-4H3/b7-5+. The summed E-state index contributed by atoms with van der Waals surface area (Å²) >= 11 is 0. The molecule has 0 saturated carbocycles. The van der Waals surface area contributed by atoms with E-state index in [2.05, 4.69) is 22.6 Å². The molecular formula is C32H28N2O4. The molecule has 190 valence electrons. The van der Waals surface area contributed by atoms with Crippen LogP contribution in [0.3, 0.4) is 0 Å². The van der Waals surface area contributed by atoms with Gasteiger partial charge in [0, 0.05) is 45.3 Å². The van der Waals surface area contributed by atoms with Crippen molar-refractivity contribution in [3.8, 4) is 0 Å². The average molecular weight is 505 g/mol. The van der Waals surface area contributed by atoms with Crippen LogP contribution in [0.2, 0.25) is 0 Å². The Bertz CT molecular complexity index is 1780. The first-order chi connectivity index (χ1) is 18.2. The molecule has 0 fully saturated rings. The van der Waals surface area contributed by atoms with Crippen LogP contribution in [0.25, 0.3) is 39.0 Å². The maximum atomic E-state index is 13.4. The summed E-state index contributed by atoms with van der Waals surface area (Å²) in [7, 11) is 0. The molecule has 6 nitrogen and oxygen atoms in total. The van der Waals surface area contributed by atoms with Gasteiger partial charge in [-0.15, -0.1) is 0 Å². The van der Waals surface area contributed by atoms with Crippen molar-refractivity contribution in [3.05, 3.63) is 112 Å². The Labute approximate surface area is 220 Å². The van der Waals surface area contributed by atoms with Crippen molar-refractivity contribution in [2.24, 2.45) is 0 Å². The molecular weight excluding hydrogens is 476 g/mol. The van der Waals surface area contributed by atoms with E-state index in [0.29, 0.717) is 21.9 Å². The van der Waals surface area contributed by atoms with Gasteiger partial charge >= 0.3 is 0 Å². The van der Waals surface area contributed by atoms with Crippen molar-refractivity contribution in [1.82, 2.24) is 9.97 Å². The molecule has 0 aliphatic heterocycles. The zero-order valence-corrected chi connectivity index (χ0v) is 21.5. The molecule has 0 spiro atoms. The average Bonchev–Trinajstić information content (AvgIpc) is 3.49. The van der Waals surface area contributed by atoms with Gasteiger partial charge in [0.15, 0.2) is 11.5 Å². The molecule has 0 amide bonds. The molecule has 6 heteroatoms. The molecule has 38 heavy (non-hydrogen) atoms. The van der Waals surface area contributed by atoms with Crippen LogP contribution in [-0.4, -0.2) is 31.7 Å². The van der Waals surface area contributed by atoms with E-state index in [1.54, 1.807) is 18.5 Å². The van der Waals surface area contributed by atoms with E-state index >= 15 is 0 Å². The number of aliphatic hydroxyl groups is 2. The van der Waals surface area contributed by atoms with Crippen molar-refractivity contribution < 1.29 is 19.8 Å². The molecule has 2 aromatic carbocycles. The van der Waals surface area contributed by atoms with Gasteiger partial charge in [0.1, 0.15) is 0 Å². The van der Waals surface area contributed by atoms with Crippen LogP contribution >= 0.6 is 0 Å². The normalized spacial score (nSPS) is 14.4. The molecule has 4 N–H and O–H groups in total. The van der Waals surface area contributed by atoms with Crippen LogP contribution < -0.4 is 0 Å². The lowest BCUT2D eigenvalue weighted by molar-refractivity contribution is -0.116. The molecule has 1 aliphatic carbocycles. The molecule has 2 aromatic heterocycles. The molecule has 0 saturated heterocycles. The Morgan fingerprint density at radius 1 is 0.842 bits per heavy atom. The first kappa shape index (κ1) is 24.8. The minimum absolute atomic E-state index is 0.216. The second-order valence-corrected chi connectivity index (χ2v) is 9.86. The topological polar surface area (TPSA) is 106 Å². The quantitative estimate of drug-likeness (QED) is 0.127. The van der Waals surface area contributed by atoms with E-state index in [4.69, 9.17) is 0 Å². The van der Waals surface area contributed by atoms with Crippen LogP contribution in [0.1, 0.15) is 43.0 Å². The van der Waals surface area contributed by atoms with Crippen LogP contribution in [0, 0.1) is 0 Å². The van der Waals surface area contributed by atoms with Crippen LogP contribution in [0.4, 0.5) is 0 Å². The number of aromatic amines is 2. The number of rotatable bonds is 6. The SMILES string of the molecule is C=C(C)/C=C/c1ccc2c(C3=C(O)C(=O)C(c4c[nH]c5cc(CC=C(C)C)ccc45)=C(O)C3=O)c[nH]c2c1. The fourth-order valence-corrected chi connectivity index (χ4v) is 4.70. The lowest BCUT2D eigenvalue weighted by Crippen LogP contribution is -2.22. The molecule has 1 aliphatic rings. The van der Waals surface area contributed by atoms with Gasteiger partial charge in [-0.1, -0.05) is 60.2 Å². The van der Waals surface area contributed by atoms with Crippen molar-refractivity contribution >= 4 is 50.6 Å². The number of fused-ring (bicyclic) bond motifs is 2. The summed E-state index contributed by atoms with van der Waals surface area (Å²) in [6.07, 6.45) is 9.84. The van der Waals surface area contributed by atoms with Gasteiger partial charge in [-0.3, -0.25) is 9.59 Å². The van der Waals surface area contributed by atoms with Gasteiger partial charge < -0.3 is 20.2 Å². The van der Waals surface area contributed by atoms with E-state index in [1.165, 1.54) is 5.57 Å². The minimum atomic E-state index is -0.807. The highest BCUT2D eigenvalue weighted by Crippen LogP contribution is 2.38. The number of allylic oxidation sites excluding steroid dienone is 6. The predicted molar refractivity (Wildman–Crippen MR) is 153 cm³/mol. The fraction of sp³-hybridized carbons (Fsp3) is 0.125. The van der Waals surface area contributed by atoms with E-state index < -0.39 is 23.1 Å². The van der Waals surface area contributed by atoms with Gasteiger partial charge in [0.2, 0.25) is 11.6 Å². The van der Waals surface area contributed by atoms with E-state index in [-0.39, 0.29) is 11.1 Å². The number of carbonyl (C=O) groups is 2. The van der Waals surface area contributed by atoms with Crippen LogP contribution in [0.5, 0.6) is 0 Å². The summed E-state index contributed by atoms with van der Waals surface area (Å²) in [4.78, 5) is 33.0. The van der Waals surface area contributed by atoms with Crippen molar-refractivity contribution in [2.75, 3.05) is 0 Å². The Kier molecular flexibility index (Phi) is 6.25. The number of Topliss-reactive ketones (excluding diaryl/α,β-unsaturated/α-hetero) is 2. The van der Waals surface area contributed by atoms with Gasteiger partial charge in [0.25, 0.3) is 0 Å². The fourth-order valence-electron chi connectivity index (χ4n) is 4.70. The smallest absolute Gasteiger partial charge is 0.232 e. The Morgan fingerprint density at radius 3 is 1.95 bits per heavy atom. The summed E-state index contributed by atoms with van der Waals surface area (Å²) < 4.78 is 0. The van der Waals surface area contributed by atoms with Crippen LogP contribution in [-0.2, 0) is 16.0 Å². The molecule has 2 heterocycles. The van der Waals surface area contributed by atoms with Gasteiger partial charge in [-0.2, -0.15) is 0 Å². The number of benzene rings is 2. The third kappa shape index (κ3) is 4.30. The van der Waals surface area contributed by atoms with E-state index in [1.807, 2.05) is 63.3 Å². The van der Waals surface area contributed by atoms with Crippen molar-refractivity contribution in [3.63, 3.8) is 0 Å². The summed E-state index contributed by atoms with van der Waals surface area (Å²) in [6, 6.07) is 11.3. The first-order valence-corrected chi connectivity index (χ1v) is 12.3. The Hall–Kier alpha value is -4.84. The summed E-state index contributed by atoms with van der Waals surface area (Å²) in [5, 5.41) is 23.3. The maximum absolute atomic E-state index is 13.4. The molecule has 4 aromatic rings. The van der Waals surface area contributed by atoms with Crippen LogP contribution in [0.15, 0.2) is 90.2 Å². The summed E-state index contributed by atoms with van der Waals surface area (Å²) in [5.41, 5.74) is 5.89. The molecule has 5 rings (SSSR count).